The molecule has 150 valence electrons. The van der Waals surface area contributed by atoms with Crippen LogP contribution >= 0.6 is 0 Å². The van der Waals surface area contributed by atoms with E-state index in [2.05, 4.69) is 9.88 Å². The third-order valence-electron chi connectivity index (χ3n) is 5.78. The van der Waals surface area contributed by atoms with E-state index >= 15 is 0 Å². The van der Waals surface area contributed by atoms with E-state index < -0.39 is 15.8 Å². The number of rotatable bonds is 5. The number of ether oxygens (including phenoxy) is 1. The Morgan fingerprint density at radius 1 is 1.14 bits per heavy atom. The van der Waals surface area contributed by atoms with Crippen LogP contribution in [0, 0.1) is 5.82 Å². The van der Waals surface area contributed by atoms with Gasteiger partial charge in [0.1, 0.15) is 5.82 Å². The zero-order chi connectivity index (χ0) is 19.7. The summed E-state index contributed by atoms with van der Waals surface area (Å²) in [5.74, 6) is -0.539. The Kier molecular flexibility index (Phi) is 5.46. The number of benzene rings is 1. The Hall–Kier alpha value is -1.87. The van der Waals surface area contributed by atoms with Crippen LogP contribution in [0.3, 0.4) is 0 Å². The number of hydrogen-bond acceptors (Lipinski definition) is 5. The molecule has 0 bridgehead atoms. The number of hydrogen-bond donors (Lipinski definition) is 0. The van der Waals surface area contributed by atoms with Gasteiger partial charge in [-0.25, -0.2) is 12.8 Å². The average molecular weight is 405 g/mol. The highest BCUT2D eigenvalue weighted by Crippen LogP contribution is 2.39. The van der Waals surface area contributed by atoms with E-state index in [1.807, 2.05) is 12.1 Å². The van der Waals surface area contributed by atoms with Crippen LogP contribution in [0.2, 0.25) is 0 Å². The van der Waals surface area contributed by atoms with E-state index in [0.717, 1.165) is 25.5 Å². The summed E-state index contributed by atoms with van der Waals surface area (Å²) in [5.41, 5.74) is 1.17. The zero-order valence-electron chi connectivity index (χ0n) is 15.7. The van der Waals surface area contributed by atoms with Crippen molar-refractivity contribution in [1.82, 2.24) is 14.2 Å². The van der Waals surface area contributed by atoms with Crippen molar-refractivity contribution >= 4 is 10.0 Å². The molecule has 0 saturated carbocycles. The van der Waals surface area contributed by atoms with E-state index in [4.69, 9.17) is 4.74 Å². The minimum absolute atomic E-state index is 0.0176. The minimum atomic E-state index is -3.66. The second-order valence-corrected chi connectivity index (χ2v) is 9.23. The summed E-state index contributed by atoms with van der Waals surface area (Å²) in [6, 6.07) is 9.69. The lowest BCUT2D eigenvalue weighted by molar-refractivity contribution is -0.114. The van der Waals surface area contributed by atoms with Crippen molar-refractivity contribution in [2.45, 2.75) is 35.9 Å². The number of aromatic nitrogens is 1. The summed E-state index contributed by atoms with van der Waals surface area (Å²) in [6.07, 6.45) is 5.19. The number of methoxy groups -OCH3 is 1. The van der Waals surface area contributed by atoms with E-state index in [-0.39, 0.29) is 17.0 Å². The summed E-state index contributed by atoms with van der Waals surface area (Å²) in [7, 11) is -1.94. The molecule has 0 unspecified atom stereocenters. The minimum Gasteiger partial charge on any atom is -0.378 e. The molecule has 2 aliphatic heterocycles. The number of nitrogens with zero attached hydrogens (tertiary/aromatic N) is 3. The molecule has 2 aromatic rings. The molecular weight excluding hydrogens is 381 g/mol. The maximum absolute atomic E-state index is 13.5. The monoisotopic (exact) mass is 405 g/mol. The first kappa shape index (κ1) is 19.4. The maximum atomic E-state index is 13.5. The molecule has 0 amide bonds. The Morgan fingerprint density at radius 3 is 2.50 bits per heavy atom. The van der Waals surface area contributed by atoms with Gasteiger partial charge in [0, 0.05) is 45.2 Å². The molecule has 0 N–H and O–H groups in total. The van der Waals surface area contributed by atoms with Crippen molar-refractivity contribution in [3.8, 4) is 0 Å². The van der Waals surface area contributed by atoms with Crippen molar-refractivity contribution < 1.29 is 17.5 Å². The maximum Gasteiger partial charge on any atom is 0.243 e. The second kappa shape index (κ2) is 7.87. The fourth-order valence-corrected chi connectivity index (χ4v) is 5.74. The van der Waals surface area contributed by atoms with Gasteiger partial charge < -0.3 is 4.74 Å². The van der Waals surface area contributed by atoms with E-state index in [1.54, 1.807) is 19.5 Å². The quantitative estimate of drug-likeness (QED) is 0.765. The van der Waals surface area contributed by atoms with E-state index in [0.29, 0.717) is 19.1 Å². The Morgan fingerprint density at radius 2 is 1.86 bits per heavy atom. The Balaban J connectivity index is 1.44. The predicted octanol–water partition coefficient (Wildman–Crippen LogP) is 2.45. The molecule has 0 radical (unpaired) electrons. The summed E-state index contributed by atoms with van der Waals surface area (Å²) in [4.78, 5) is 6.50. The number of halogens is 1. The van der Waals surface area contributed by atoms with Gasteiger partial charge in [-0.05, 0) is 48.7 Å². The van der Waals surface area contributed by atoms with Crippen LogP contribution in [0.25, 0.3) is 0 Å². The number of piperidine rings is 1. The SMILES string of the molecule is CO[C@H]1CN(C2CCN(S(=O)(=O)c3cccc(F)c3)CC2)[C@H]1c1ccncc1. The third kappa shape index (κ3) is 3.57. The van der Waals surface area contributed by atoms with Crippen molar-refractivity contribution in [2.24, 2.45) is 0 Å². The summed E-state index contributed by atoms with van der Waals surface area (Å²) < 4.78 is 46.1. The van der Waals surface area contributed by atoms with Crippen LogP contribution in [-0.2, 0) is 14.8 Å². The predicted molar refractivity (Wildman–Crippen MR) is 103 cm³/mol. The average Bonchev–Trinajstić information content (AvgIpc) is 2.69. The number of sulfonamides is 1. The van der Waals surface area contributed by atoms with Gasteiger partial charge in [0.15, 0.2) is 0 Å². The Labute approximate surface area is 165 Å². The van der Waals surface area contributed by atoms with Crippen LogP contribution in [0.5, 0.6) is 0 Å². The Bertz CT molecular complexity index is 917. The van der Waals surface area contributed by atoms with Crippen molar-refractivity contribution in [2.75, 3.05) is 26.7 Å². The van der Waals surface area contributed by atoms with Crippen LogP contribution in [-0.4, -0.2) is 61.5 Å². The normalized spacial score (nSPS) is 24.8. The van der Waals surface area contributed by atoms with Gasteiger partial charge in [0.25, 0.3) is 0 Å². The lowest BCUT2D eigenvalue weighted by Crippen LogP contribution is -2.60. The zero-order valence-corrected chi connectivity index (χ0v) is 16.6. The number of likely N-dealkylation sites (tertiary alicyclic amines) is 1. The first-order valence-corrected chi connectivity index (χ1v) is 10.9. The molecule has 2 saturated heterocycles. The molecule has 28 heavy (non-hydrogen) atoms. The standard InChI is InChI=1S/C20H24FN3O3S/c1-27-19-14-24(20(19)15-5-9-22-10-6-15)17-7-11-23(12-8-17)28(25,26)18-4-2-3-16(21)13-18/h2-6,9-10,13,17,19-20H,7-8,11-12,14H2,1H3/t19-,20-/m0/s1. The van der Waals surface area contributed by atoms with Gasteiger partial charge in [-0.2, -0.15) is 4.31 Å². The smallest absolute Gasteiger partial charge is 0.243 e. The summed E-state index contributed by atoms with van der Waals surface area (Å²) in [5, 5.41) is 0. The van der Waals surface area contributed by atoms with Gasteiger partial charge in [-0.3, -0.25) is 9.88 Å². The number of pyridine rings is 1. The molecule has 2 atom stereocenters. The van der Waals surface area contributed by atoms with Gasteiger partial charge >= 0.3 is 0 Å². The molecular formula is C20H24FN3O3S. The lowest BCUT2D eigenvalue weighted by Gasteiger charge is -2.52. The van der Waals surface area contributed by atoms with Crippen molar-refractivity contribution in [1.29, 1.82) is 0 Å². The molecule has 1 aromatic heterocycles. The largest absolute Gasteiger partial charge is 0.378 e. The highest BCUT2D eigenvalue weighted by atomic mass is 32.2. The fourth-order valence-electron chi connectivity index (χ4n) is 4.23. The molecule has 0 spiro atoms. The fraction of sp³-hybridized carbons (Fsp3) is 0.450. The molecule has 6 nitrogen and oxygen atoms in total. The van der Waals surface area contributed by atoms with E-state index in [1.165, 1.54) is 28.1 Å². The first-order valence-electron chi connectivity index (χ1n) is 9.45. The van der Waals surface area contributed by atoms with Gasteiger partial charge in [0.2, 0.25) is 10.0 Å². The van der Waals surface area contributed by atoms with Crippen molar-refractivity contribution in [3.05, 3.63) is 60.2 Å². The van der Waals surface area contributed by atoms with Crippen molar-refractivity contribution in [3.63, 3.8) is 0 Å². The topological polar surface area (TPSA) is 62.7 Å². The molecule has 8 heteroatoms. The van der Waals surface area contributed by atoms with Crippen LogP contribution in [0.4, 0.5) is 4.39 Å². The van der Waals surface area contributed by atoms with Gasteiger partial charge in [-0.15, -0.1) is 0 Å². The molecule has 3 heterocycles. The van der Waals surface area contributed by atoms with Crippen LogP contribution in [0.15, 0.2) is 53.7 Å². The molecule has 2 fully saturated rings. The highest BCUT2D eigenvalue weighted by Gasteiger charge is 2.45. The summed E-state index contributed by atoms with van der Waals surface area (Å²) in [6.45, 7) is 1.70. The van der Waals surface area contributed by atoms with Crippen LogP contribution in [0.1, 0.15) is 24.4 Å². The highest BCUT2D eigenvalue weighted by molar-refractivity contribution is 7.89. The molecule has 0 aliphatic carbocycles. The van der Waals surface area contributed by atoms with Gasteiger partial charge in [-0.1, -0.05) is 6.07 Å². The molecule has 2 aliphatic rings. The third-order valence-corrected chi connectivity index (χ3v) is 7.67. The van der Waals surface area contributed by atoms with E-state index in [9.17, 15) is 12.8 Å². The van der Waals surface area contributed by atoms with Crippen LogP contribution < -0.4 is 0 Å². The van der Waals surface area contributed by atoms with Gasteiger partial charge in [0.05, 0.1) is 17.0 Å². The lowest BCUT2D eigenvalue weighted by atomic mass is 9.87. The molecule has 1 aromatic carbocycles. The first-order chi connectivity index (χ1) is 13.5. The molecule has 4 rings (SSSR count). The second-order valence-electron chi connectivity index (χ2n) is 7.29. The summed E-state index contributed by atoms with van der Waals surface area (Å²) >= 11 is 0.